The van der Waals surface area contributed by atoms with Gasteiger partial charge in [-0.1, -0.05) is 121 Å². The zero-order valence-corrected chi connectivity index (χ0v) is 24.2. The maximum absolute atomic E-state index is 6.29. The number of hydrogen-bond donors (Lipinski definition) is 0. The summed E-state index contributed by atoms with van der Waals surface area (Å²) in [6.45, 7) is 0. The summed E-state index contributed by atoms with van der Waals surface area (Å²) >= 11 is 0. The van der Waals surface area contributed by atoms with E-state index in [0.29, 0.717) is 5.82 Å². The van der Waals surface area contributed by atoms with Crippen LogP contribution in [0, 0.1) is 0 Å². The van der Waals surface area contributed by atoms with Gasteiger partial charge in [-0.2, -0.15) is 0 Å². The zero-order chi connectivity index (χ0) is 29.5. The van der Waals surface area contributed by atoms with Gasteiger partial charge in [-0.15, -0.1) is 0 Å². The number of benzene rings is 8. The molecule has 0 amide bonds. The molecule has 0 atom stereocenters. The maximum Gasteiger partial charge on any atom is 0.161 e. The highest BCUT2D eigenvalue weighted by Crippen LogP contribution is 2.43. The van der Waals surface area contributed by atoms with E-state index in [2.05, 4.69) is 127 Å². The molecule has 0 radical (unpaired) electrons. The second-order valence-corrected chi connectivity index (χ2v) is 11.7. The highest BCUT2D eigenvalue weighted by Gasteiger charge is 2.20. The Labute approximate surface area is 258 Å². The molecule has 3 heteroatoms. The summed E-state index contributed by atoms with van der Waals surface area (Å²) in [6, 6.07) is 51.3. The molecular weight excluding hydrogens is 548 g/mol. The average molecular weight is 573 g/mol. The first-order valence-electron chi connectivity index (χ1n) is 15.3. The Hall–Kier alpha value is -6.06. The molecule has 0 aliphatic carbocycles. The van der Waals surface area contributed by atoms with Crippen LogP contribution in [0.15, 0.2) is 150 Å². The van der Waals surface area contributed by atoms with Crippen LogP contribution in [0.4, 0.5) is 0 Å². The van der Waals surface area contributed by atoms with Gasteiger partial charge in [0.25, 0.3) is 0 Å². The minimum Gasteiger partial charge on any atom is -0.456 e. The van der Waals surface area contributed by atoms with Crippen molar-refractivity contribution in [3.8, 4) is 22.6 Å². The fourth-order valence-corrected chi connectivity index (χ4v) is 7.26. The Morgan fingerprint density at radius 3 is 1.87 bits per heavy atom. The summed E-state index contributed by atoms with van der Waals surface area (Å²) in [7, 11) is 0. The van der Waals surface area contributed by atoms with Crippen molar-refractivity contribution in [2.75, 3.05) is 0 Å². The van der Waals surface area contributed by atoms with E-state index in [1.165, 1.54) is 43.1 Å². The van der Waals surface area contributed by atoms with Crippen LogP contribution in [0.2, 0.25) is 0 Å². The molecule has 0 N–H and O–H groups in total. The molecule has 208 valence electrons. The summed E-state index contributed by atoms with van der Waals surface area (Å²) in [5.41, 5.74) is 5.61. The van der Waals surface area contributed by atoms with Gasteiger partial charge in [-0.05, 0) is 62.0 Å². The highest BCUT2D eigenvalue weighted by atomic mass is 16.3. The standard InChI is InChI=1S/C42H24N2O/c1-3-12-28-25(10-1)20-21-27-24-34(39-29-13-4-2-11-26(29)22-23-32(39)38(27)28)42-43-35-17-7-5-14-30(35)41(44-42)33-16-9-19-37-40(33)31-15-6-8-18-36(31)45-37/h1-24H. The molecule has 2 heterocycles. The molecule has 0 saturated carbocycles. The van der Waals surface area contributed by atoms with Crippen molar-refractivity contribution in [2.24, 2.45) is 0 Å². The predicted octanol–water partition coefficient (Wildman–Crippen LogP) is 11.5. The normalized spacial score (nSPS) is 12.0. The Kier molecular flexibility index (Phi) is 5.00. The van der Waals surface area contributed by atoms with Gasteiger partial charge >= 0.3 is 0 Å². The van der Waals surface area contributed by atoms with Gasteiger partial charge in [-0.3, -0.25) is 0 Å². The second-order valence-electron chi connectivity index (χ2n) is 11.7. The third-order valence-corrected chi connectivity index (χ3v) is 9.23. The molecule has 0 unspecified atom stereocenters. The van der Waals surface area contributed by atoms with Gasteiger partial charge < -0.3 is 4.42 Å². The predicted molar refractivity (Wildman–Crippen MR) is 188 cm³/mol. The van der Waals surface area contributed by atoms with Gasteiger partial charge in [0.2, 0.25) is 0 Å². The Balaban J connectivity index is 1.37. The lowest BCUT2D eigenvalue weighted by atomic mass is 9.90. The van der Waals surface area contributed by atoms with Gasteiger partial charge in [0, 0.05) is 32.7 Å². The molecule has 0 aliphatic heterocycles. The van der Waals surface area contributed by atoms with Gasteiger partial charge in [0.05, 0.1) is 11.2 Å². The van der Waals surface area contributed by atoms with Gasteiger partial charge in [0.15, 0.2) is 5.82 Å². The van der Waals surface area contributed by atoms with E-state index >= 15 is 0 Å². The number of rotatable bonds is 2. The lowest BCUT2D eigenvalue weighted by Crippen LogP contribution is -1.97. The zero-order valence-electron chi connectivity index (χ0n) is 24.2. The molecule has 10 rings (SSSR count). The Bertz CT molecular complexity index is 2830. The van der Waals surface area contributed by atoms with E-state index in [4.69, 9.17) is 14.4 Å². The van der Waals surface area contributed by atoms with Gasteiger partial charge in [0.1, 0.15) is 11.2 Å². The third kappa shape index (κ3) is 3.52. The van der Waals surface area contributed by atoms with Crippen molar-refractivity contribution in [2.45, 2.75) is 0 Å². The topological polar surface area (TPSA) is 38.9 Å². The Morgan fingerprint density at radius 1 is 0.378 bits per heavy atom. The number of aromatic nitrogens is 2. The summed E-state index contributed by atoms with van der Waals surface area (Å²) in [5, 5.41) is 12.9. The first-order chi connectivity index (χ1) is 22.3. The average Bonchev–Trinajstić information content (AvgIpc) is 3.49. The van der Waals surface area contributed by atoms with Crippen LogP contribution in [0.5, 0.6) is 0 Å². The minimum atomic E-state index is 0.713. The monoisotopic (exact) mass is 572 g/mol. The summed E-state index contributed by atoms with van der Waals surface area (Å²) < 4.78 is 6.29. The molecule has 0 aliphatic rings. The SMILES string of the molecule is c1ccc2c(c1)ccc1c2c(-c2nc(-c3cccc4oc5ccccc5c34)c3ccccc3n2)cc2ccc3ccccc3c21. The Morgan fingerprint density at radius 2 is 1.02 bits per heavy atom. The summed E-state index contributed by atoms with van der Waals surface area (Å²) in [6.07, 6.45) is 0. The minimum absolute atomic E-state index is 0.713. The van der Waals surface area contributed by atoms with E-state index in [1.807, 2.05) is 18.2 Å². The van der Waals surface area contributed by atoms with Crippen LogP contribution in [-0.4, -0.2) is 9.97 Å². The van der Waals surface area contributed by atoms with Gasteiger partial charge in [-0.25, -0.2) is 9.97 Å². The summed E-state index contributed by atoms with van der Waals surface area (Å²) in [5.74, 6) is 0.713. The van der Waals surface area contributed by atoms with E-state index in [9.17, 15) is 0 Å². The molecule has 0 spiro atoms. The molecule has 2 aromatic heterocycles. The highest BCUT2D eigenvalue weighted by molar-refractivity contribution is 6.28. The van der Waals surface area contributed by atoms with Crippen molar-refractivity contribution in [3.63, 3.8) is 0 Å². The second kappa shape index (κ2) is 9.22. The maximum atomic E-state index is 6.29. The number of nitrogens with zero attached hydrogens (tertiary/aromatic N) is 2. The number of fused-ring (bicyclic) bond motifs is 11. The van der Waals surface area contributed by atoms with Crippen LogP contribution >= 0.6 is 0 Å². The molecule has 8 aromatic carbocycles. The first-order valence-corrected chi connectivity index (χ1v) is 15.3. The molecular formula is C42H24N2O. The lowest BCUT2D eigenvalue weighted by Gasteiger charge is -2.16. The van der Waals surface area contributed by atoms with E-state index in [1.54, 1.807) is 0 Å². The smallest absolute Gasteiger partial charge is 0.161 e. The molecule has 0 bridgehead atoms. The molecule has 0 fully saturated rings. The lowest BCUT2D eigenvalue weighted by molar-refractivity contribution is 0.669. The fraction of sp³-hybridized carbons (Fsp3) is 0. The quantitative estimate of drug-likeness (QED) is 0.193. The third-order valence-electron chi connectivity index (χ3n) is 9.23. The number of furan rings is 1. The van der Waals surface area contributed by atoms with E-state index in [0.717, 1.165) is 49.7 Å². The van der Waals surface area contributed by atoms with Crippen molar-refractivity contribution in [1.29, 1.82) is 0 Å². The molecule has 0 saturated heterocycles. The van der Waals surface area contributed by atoms with Crippen LogP contribution in [-0.2, 0) is 0 Å². The van der Waals surface area contributed by atoms with Crippen molar-refractivity contribution >= 4 is 75.9 Å². The first kappa shape index (κ1) is 24.4. The van der Waals surface area contributed by atoms with E-state index < -0.39 is 0 Å². The van der Waals surface area contributed by atoms with Crippen molar-refractivity contribution in [3.05, 3.63) is 146 Å². The van der Waals surface area contributed by atoms with E-state index in [-0.39, 0.29) is 0 Å². The van der Waals surface area contributed by atoms with Crippen LogP contribution in [0.1, 0.15) is 0 Å². The van der Waals surface area contributed by atoms with Crippen LogP contribution in [0.25, 0.3) is 98.6 Å². The largest absolute Gasteiger partial charge is 0.456 e. The summed E-state index contributed by atoms with van der Waals surface area (Å²) in [4.78, 5) is 10.7. The molecule has 10 aromatic rings. The number of para-hydroxylation sites is 2. The van der Waals surface area contributed by atoms with Crippen LogP contribution < -0.4 is 0 Å². The molecule has 3 nitrogen and oxygen atoms in total. The van der Waals surface area contributed by atoms with Crippen molar-refractivity contribution < 1.29 is 4.42 Å². The van der Waals surface area contributed by atoms with Crippen LogP contribution in [0.3, 0.4) is 0 Å². The number of hydrogen-bond acceptors (Lipinski definition) is 3. The molecule has 45 heavy (non-hydrogen) atoms. The fourth-order valence-electron chi connectivity index (χ4n) is 7.26. The van der Waals surface area contributed by atoms with Crippen molar-refractivity contribution in [1.82, 2.24) is 9.97 Å².